The average Bonchev–Trinajstić information content (AvgIpc) is 2.38. The van der Waals surface area contributed by atoms with Gasteiger partial charge in [-0.25, -0.2) is 0 Å². The van der Waals surface area contributed by atoms with Gasteiger partial charge in [0.1, 0.15) is 11.5 Å². The lowest BCUT2D eigenvalue weighted by Gasteiger charge is -2.18. The molecule has 2 aromatic rings. The lowest BCUT2D eigenvalue weighted by atomic mass is 10.3. The highest BCUT2D eigenvalue weighted by atomic mass is 35.6. The molecule has 0 aliphatic carbocycles. The summed E-state index contributed by atoms with van der Waals surface area (Å²) < 4.78 is 5.76. The molecule has 0 amide bonds. The molecular formula is C12H8AlClOS. The molecule has 0 unspecified atom stereocenters. The van der Waals surface area contributed by atoms with Gasteiger partial charge in [-0.05, 0) is 24.3 Å². The van der Waals surface area contributed by atoms with Crippen molar-refractivity contribution in [1.82, 2.24) is 0 Å². The highest BCUT2D eigenvalue weighted by Crippen LogP contribution is 2.46. The van der Waals surface area contributed by atoms with Gasteiger partial charge in [-0.15, -0.1) is 0 Å². The van der Waals surface area contributed by atoms with E-state index in [0.717, 1.165) is 11.5 Å². The number of fused-ring (bicyclic) bond motifs is 2. The Balaban J connectivity index is 0.000000457. The van der Waals surface area contributed by atoms with E-state index >= 15 is 0 Å². The SMILES string of the molecule is [Al][Cl].c1ccc2c(c1)Oc1ccccc1S2. The molecule has 4 heteroatoms. The fraction of sp³-hybridized carbons (Fsp3) is 0. The van der Waals surface area contributed by atoms with E-state index in [1.54, 1.807) is 11.8 Å². The number of hydrogen-bond acceptors (Lipinski definition) is 2. The second-order valence-electron chi connectivity index (χ2n) is 3.10. The van der Waals surface area contributed by atoms with E-state index in [4.69, 9.17) is 4.74 Å². The van der Waals surface area contributed by atoms with Crippen LogP contribution in [-0.4, -0.2) is 15.4 Å². The van der Waals surface area contributed by atoms with Crippen LogP contribution in [-0.2, 0) is 0 Å². The Morgan fingerprint density at radius 2 is 1.25 bits per heavy atom. The molecule has 0 atom stereocenters. The number of benzene rings is 2. The zero-order valence-corrected chi connectivity index (χ0v) is 11.1. The van der Waals surface area contributed by atoms with Gasteiger partial charge in [0.05, 0.1) is 9.79 Å². The highest BCUT2D eigenvalue weighted by Gasteiger charge is 2.15. The van der Waals surface area contributed by atoms with Crippen LogP contribution >= 0.6 is 21.8 Å². The summed E-state index contributed by atoms with van der Waals surface area (Å²) in [5, 5.41) is 0. The van der Waals surface area contributed by atoms with Gasteiger partial charge in [-0.3, -0.25) is 10.0 Å². The minimum Gasteiger partial charge on any atom is -0.455 e. The first-order chi connectivity index (χ1) is 7.93. The van der Waals surface area contributed by atoms with Crippen molar-refractivity contribution in [2.75, 3.05) is 0 Å². The van der Waals surface area contributed by atoms with Gasteiger partial charge in [0.25, 0.3) is 15.4 Å². The van der Waals surface area contributed by atoms with Crippen molar-refractivity contribution in [2.24, 2.45) is 0 Å². The van der Waals surface area contributed by atoms with Crippen LogP contribution in [0.2, 0.25) is 0 Å². The predicted octanol–water partition coefficient (Wildman–Crippen LogP) is 4.25. The van der Waals surface area contributed by atoms with Crippen molar-refractivity contribution in [1.29, 1.82) is 0 Å². The number of para-hydroxylation sites is 2. The molecule has 2 aromatic carbocycles. The second-order valence-corrected chi connectivity index (χ2v) is 4.18. The predicted molar refractivity (Wildman–Crippen MR) is 68.7 cm³/mol. The molecule has 1 nitrogen and oxygen atoms in total. The first kappa shape index (κ1) is 11.9. The average molecular weight is 263 g/mol. The Kier molecular flexibility index (Phi) is 4.20. The van der Waals surface area contributed by atoms with Crippen molar-refractivity contribution < 1.29 is 4.74 Å². The van der Waals surface area contributed by atoms with E-state index in [0.29, 0.717) is 0 Å². The largest absolute Gasteiger partial charge is 0.455 e. The van der Waals surface area contributed by atoms with Gasteiger partial charge in [-0.1, -0.05) is 36.0 Å². The number of hydrogen-bond donors (Lipinski definition) is 0. The van der Waals surface area contributed by atoms with Crippen LogP contribution in [0.3, 0.4) is 0 Å². The fourth-order valence-corrected chi connectivity index (χ4v) is 2.43. The summed E-state index contributed by atoms with van der Waals surface area (Å²) in [5.74, 6) is 1.91. The summed E-state index contributed by atoms with van der Waals surface area (Å²) >= 11 is 3.65. The van der Waals surface area contributed by atoms with Crippen molar-refractivity contribution in [3.8, 4) is 11.5 Å². The maximum Gasteiger partial charge on any atom is 0.293 e. The third kappa shape index (κ3) is 2.39. The second kappa shape index (κ2) is 5.65. The summed E-state index contributed by atoms with van der Waals surface area (Å²) in [6.45, 7) is 0. The number of halogens is 1. The summed E-state index contributed by atoms with van der Waals surface area (Å²) in [7, 11) is 4.56. The van der Waals surface area contributed by atoms with E-state index in [9.17, 15) is 0 Å². The van der Waals surface area contributed by atoms with E-state index in [-0.39, 0.29) is 0 Å². The fourth-order valence-electron chi connectivity index (χ4n) is 1.47. The molecule has 1 aliphatic heterocycles. The number of ether oxygens (including phenoxy) is 1. The van der Waals surface area contributed by atoms with Gasteiger partial charge < -0.3 is 4.74 Å². The molecule has 0 saturated heterocycles. The zero-order valence-electron chi connectivity index (χ0n) is 8.39. The van der Waals surface area contributed by atoms with Gasteiger partial charge in [0.2, 0.25) is 0 Å². The summed E-state index contributed by atoms with van der Waals surface area (Å²) in [6.07, 6.45) is 0. The maximum atomic E-state index is 5.76. The lowest BCUT2D eigenvalue weighted by Crippen LogP contribution is -1.93. The normalized spacial score (nSPS) is 11.3. The highest BCUT2D eigenvalue weighted by molar-refractivity contribution is 7.99. The van der Waals surface area contributed by atoms with Crippen LogP contribution in [0.25, 0.3) is 0 Å². The maximum absolute atomic E-state index is 5.76. The van der Waals surface area contributed by atoms with Crippen LogP contribution in [0.15, 0.2) is 58.3 Å². The molecule has 2 radical (unpaired) electrons. The van der Waals surface area contributed by atoms with Crippen molar-refractivity contribution in [3.05, 3.63) is 48.5 Å². The first-order valence-electron chi connectivity index (χ1n) is 4.69. The van der Waals surface area contributed by atoms with Crippen LogP contribution in [0.5, 0.6) is 11.5 Å². The van der Waals surface area contributed by atoms with Crippen molar-refractivity contribution in [2.45, 2.75) is 9.79 Å². The quantitative estimate of drug-likeness (QED) is 0.560. The third-order valence-electron chi connectivity index (χ3n) is 2.14. The molecule has 78 valence electrons. The van der Waals surface area contributed by atoms with E-state index in [2.05, 4.69) is 22.2 Å². The third-order valence-corrected chi connectivity index (χ3v) is 3.25. The Bertz CT molecular complexity index is 402. The summed E-state index contributed by atoms with van der Waals surface area (Å²) in [6, 6.07) is 16.2. The summed E-state index contributed by atoms with van der Waals surface area (Å²) in [5.41, 5.74) is 0. The summed E-state index contributed by atoms with van der Waals surface area (Å²) in [4.78, 5) is 2.37. The van der Waals surface area contributed by atoms with Crippen LogP contribution in [0, 0.1) is 0 Å². The minimum absolute atomic E-state index is 0.955. The van der Waals surface area contributed by atoms with Crippen LogP contribution in [0.1, 0.15) is 0 Å². The molecular weight excluding hydrogens is 255 g/mol. The lowest BCUT2D eigenvalue weighted by molar-refractivity contribution is 0.454. The molecule has 0 saturated carbocycles. The topological polar surface area (TPSA) is 9.23 Å². The van der Waals surface area contributed by atoms with Crippen LogP contribution < -0.4 is 4.74 Å². The van der Waals surface area contributed by atoms with Gasteiger partial charge in [0.15, 0.2) is 0 Å². The van der Waals surface area contributed by atoms with Gasteiger partial charge >= 0.3 is 0 Å². The molecule has 0 bridgehead atoms. The van der Waals surface area contributed by atoms with E-state index < -0.39 is 0 Å². The Hall–Kier alpha value is -0.588. The molecule has 16 heavy (non-hydrogen) atoms. The molecule has 0 fully saturated rings. The Labute approximate surface area is 111 Å². The minimum atomic E-state index is 0.955. The van der Waals surface area contributed by atoms with Gasteiger partial charge in [0, 0.05) is 0 Å². The Morgan fingerprint density at radius 1 is 0.812 bits per heavy atom. The van der Waals surface area contributed by atoms with Crippen molar-refractivity contribution >= 4 is 37.2 Å². The van der Waals surface area contributed by atoms with Crippen molar-refractivity contribution in [3.63, 3.8) is 0 Å². The monoisotopic (exact) mass is 262 g/mol. The first-order valence-corrected chi connectivity index (χ1v) is 7.25. The van der Waals surface area contributed by atoms with Crippen LogP contribution in [0.4, 0.5) is 0 Å². The van der Waals surface area contributed by atoms with Gasteiger partial charge in [-0.2, -0.15) is 0 Å². The van der Waals surface area contributed by atoms with E-state index in [1.807, 2.05) is 51.8 Å². The molecule has 0 aromatic heterocycles. The standard InChI is InChI=1S/C12H8OS.Al.ClH/c1-3-7-11-9(5-1)13-10-6-2-4-8-12(10)14-11;;/h1-8H;;1H/q;+1;/p-1. The smallest absolute Gasteiger partial charge is 0.293 e. The number of rotatable bonds is 0. The Morgan fingerprint density at radius 3 is 1.75 bits per heavy atom. The van der Waals surface area contributed by atoms with E-state index in [1.165, 1.54) is 9.79 Å². The molecule has 0 spiro atoms. The zero-order chi connectivity index (χ0) is 11.4. The molecule has 1 heterocycles. The molecule has 3 rings (SSSR count). The molecule has 1 aliphatic rings. The molecule has 0 N–H and O–H groups in total.